The molecule has 1 unspecified atom stereocenters. The smallest absolute Gasteiger partial charge is 0.241 e. The minimum atomic E-state index is -0.643. The number of fused-ring (bicyclic) bond motifs is 1. The van der Waals surface area contributed by atoms with Gasteiger partial charge in [0, 0.05) is 28.4 Å². The first-order valence-corrected chi connectivity index (χ1v) is 7.63. The summed E-state index contributed by atoms with van der Waals surface area (Å²) in [6, 6.07) is 5.33. The Morgan fingerprint density at radius 3 is 2.92 bits per heavy atom. The fraction of sp³-hybridized carbons (Fsp3) is 0.118. The second kappa shape index (κ2) is 6.43. The van der Waals surface area contributed by atoms with E-state index in [2.05, 4.69) is 15.0 Å². The summed E-state index contributed by atoms with van der Waals surface area (Å²) in [6.45, 7) is 1.66. The number of rotatable bonds is 4. The lowest BCUT2D eigenvalue weighted by Gasteiger charge is -2.09. The van der Waals surface area contributed by atoms with Crippen molar-refractivity contribution in [1.29, 1.82) is 0 Å². The van der Waals surface area contributed by atoms with Crippen molar-refractivity contribution in [2.75, 3.05) is 0 Å². The van der Waals surface area contributed by atoms with Gasteiger partial charge in [-0.1, -0.05) is 23.7 Å². The molecular weight excluding hydrogens is 328 g/mol. The van der Waals surface area contributed by atoms with E-state index in [1.165, 1.54) is 6.08 Å². The molecule has 0 radical (unpaired) electrons. The molecule has 0 aliphatic rings. The number of amides is 1. The molecule has 122 valence electrons. The number of hydrogen-bond acceptors (Lipinski definition) is 4. The van der Waals surface area contributed by atoms with Crippen LogP contribution < -0.4 is 5.73 Å². The third-order valence-electron chi connectivity index (χ3n) is 3.58. The Kier molecular flexibility index (Phi) is 4.33. The van der Waals surface area contributed by atoms with Crippen LogP contribution in [0, 0.1) is 0 Å². The van der Waals surface area contributed by atoms with Gasteiger partial charge in [0.15, 0.2) is 5.65 Å². The molecule has 24 heavy (non-hydrogen) atoms. The van der Waals surface area contributed by atoms with E-state index in [0.29, 0.717) is 33.0 Å². The molecule has 4 N–H and O–H groups in total. The van der Waals surface area contributed by atoms with E-state index in [0.717, 1.165) is 5.56 Å². The van der Waals surface area contributed by atoms with Gasteiger partial charge in [0.2, 0.25) is 5.91 Å². The molecule has 3 rings (SSSR count). The molecule has 3 aromatic rings. The van der Waals surface area contributed by atoms with Crippen molar-refractivity contribution < 1.29 is 9.90 Å². The van der Waals surface area contributed by atoms with Gasteiger partial charge in [0.1, 0.15) is 5.52 Å². The molecule has 0 bridgehead atoms. The molecule has 2 heterocycles. The standard InChI is InChI=1S/C17H15ClN4O2/c1-9(23)12-4-2-10(6-13(12)18)14-8-21-17-16(22-14)11(7-20-17)3-5-15(19)24/h2-9,23H,1H3,(H2,19,24)(H,20,21). The maximum atomic E-state index is 10.9. The molecule has 1 aromatic carbocycles. The monoisotopic (exact) mass is 342 g/mol. The predicted molar refractivity (Wildman–Crippen MR) is 93.2 cm³/mol. The van der Waals surface area contributed by atoms with E-state index in [1.807, 2.05) is 6.07 Å². The zero-order valence-electron chi connectivity index (χ0n) is 12.8. The summed E-state index contributed by atoms with van der Waals surface area (Å²) in [7, 11) is 0. The molecular formula is C17H15ClN4O2. The van der Waals surface area contributed by atoms with Crippen molar-refractivity contribution >= 4 is 34.7 Å². The molecule has 0 fully saturated rings. The number of carbonyl (C=O) groups excluding carboxylic acids is 1. The molecule has 6 nitrogen and oxygen atoms in total. The first-order chi connectivity index (χ1) is 11.5. The van der Waals surface area contributed by atoms with Gasteiger partial charge < -0.3 is 15.8 Å². The number of benzene rings is 1. The lowest BCUT2D eigenvalue weighted by Crippen LogP contribution is -2.05. The number of aromatic amines is 1. The Labute approximate surface area is 143 Å². The SMILES string of the molecule is CC(O)c1ccc(-c2cnc3[nH]cc(C=CC(N)=O)c3n2)cc1Cl. The number of halogens is 1. The normalized spacial score (nSPS) is 12.8. The molecule has 2 aromatic heterocycles. The van der Waals surface area contributed by atoms with Gasteiger partial charge >= 0.3 is 0 Å². The number of hydrogen-bond donors (Lipinski definition) is 3. The largest absolute Gasteiger partial charge is 0.389 e. The number of carbonyl (C=O) groups is 1. The fourth-order valence-electron chi connectivity index (χ4n) is 2.37. The van der Waals surface area contributed by atoms with Crippen LogP contribution in [-0.2, 0) is 4.79 Å². The van der Waals surface area contributed by atoms with E-state index in [9.17, 15) is 9.90 Å². The lowest BCUT2D eigenvalue weighted by molar-refractivity contribution is -0.113. The molecule has 0 aliphatic carbocycles. The number of nitrogens with zero attached hydrogens (tertiary/aromatic N) is 2. The van der Waals surface area contributed by atoms with Gasteiger partial charge in [-0.05, 0) is 24.6 Å². The number of aliphatic hydroxyl groups excluding tert-OH is 1. The van der Waals surface area contributed by atoms with Crippen LogP contribution in [0.15, 0.2) is 36.7 Å². The Morgan fingerprint density at radius 2 is 2.25 bits per heavy atom. The first-order valence-electron chi connectivity index (χ1n) is 7.25. The number of aliphatic hydroxyl groups is 1. The second-order valence-electron chi connectivity index (χ2n) is 5.34. The molecule has 1 atom stereocenters. The highest BCUT2D eigenvalue weighted by atomic mass is 35.5. The third kappa shape index (κ3) is 3.15. The first kappa shape index (κ1) is 16.2. The number of aromatic nitrogens is 3. The van der Waals surface area contributed by atoms with Gasteiger partial charge in [-0.15, -0.1) is 0 Å². The van der Waals surface area contributed by atoms with Gasteiger partial charge in [0.05, 0.1) is 18.0 Å². The van der Waals surface area contributed by atoms with Crippen LogP contribution in [0.2, 0.25) is 5.02 Å². The summed E-state index contributed by atoms with van der Waals surface area (Å²) in [6.07, 6.45) is 5.55. The van der Waals surface area contributed by atoms with Crippen LogP contribution in [0.4, 0.5) is 0 Å². The van der Waals surface area contributed by atoms with E-state index >= 15 is 0 Å². The molecule has 1 amide bonds. The fourth-order valence-corrected chi connectivity index (χ4v) is 2.71. The Bertz CT molecular complexity index is 947. The molecule has 0 aliphatic heterocycles. The van der Waals surface area contributed by atoms with Crippen LogP contribution >= 0.6 is 11.6 Å². The van der Waals surface area contributed by atoms with Gasteiger partial charge in [-0.3, -0.25) is 4.79 Å². The van der Waals surface area contributed by atoms with E-state index in [4.69, 9.17) is 17.3 Å². The summed E-state index contributed by atoms with van der Waals surface area (Å²) >= 11 is 6.21. The van der Waals surface area contributed by atoms with E-state index in [1.54, 1.807) is 37.5 Å². The highest BCUT2D eigenvalue weighted by molar-refractivity contribution is 6.31. The lowest BCUT2D eigenvalue weighted by atomic mass is 10.1. The molecule has 0 spiro atoms. The van der Waals surface area contributed by atoms with Crippen molar-refractivity contribution in [3.05, 3.63) is 52.8 Å². The van der Waals surface area contributed by atoms with Crippen molar-refractivity contribution in [3.63, 3.8) is 0 Å². The van der Waals surface area contributed by atoms with Crippen LogP contribution in [0.5, 0.6) is 0 Å². The van der Waals surface area contributed by atoms with E-state index < -0.39 is 12.0 Å². The minimum absolute atomic E-state index is 0.465. The van der Waals surface area contributed by atoms with Crippen molar-refractivity contribution in [2.45, 2.75) is 13.0 Å². The van der Waals surface area contributed by atoms with Crippen molar-refractivity contribution in [2.24, 2.45) is 5.73 Å². The van der Waals surface area contributed by atoms with Crippen LogP contribution in [0.1, 0.15) is 24.2 Å². The summed E-state index contributed by atoms with van der Waals surface area (Å²) in [5.41, 5.74) is 9.14. The predicted octanol–water partition coefficient (Wildman–Crippen LogP) is 2.83. The maximum absolute atomic E-state index is 10.9. The molecule has 7 heteroatoms. The van der Waals surface area contributed by atoms with Crippen LogP contribution in [0.25, 0.3) is 28.5 Å². The average molecular weight is 343 g/mol. The van der Waals surface area contributed by atoms with Crippen LogP contribution in [0.3, 0.4) is 0 Å². The number of nitrogens with one attached hydrogen (secondary N) is 1. The van der Waals surface area contributed by atoms with Crippen molar-refractivity contribution in [3.8, 4) is 11.3 Å². The second-order valence-corrected chi connectivity index (χ2v) is 5.75. The van der Waals surface area contributed by atoms with Gasteiger partial charge in [0.25, 0.3) is 0 Å². The molecule has 0 saturated carbocycles. The maximum Gasteiger partial charge on any atom is 0.241 e. The van der Waals surface area contributed by atoms with Gasteiger partial charge in [-0.2, -0.15) is 0 Å². The Balaban J connectivity index is 2.06. The summed E-state index contributed by atoms with van der Waals surface area (Å²) < 4.78 is 0. The molecule has 0 saturated heterocycles. The summed E-state index contributed by atoms with van der Waals surface area (Å²) in [5.74, 6) is -0.533. The third-order valence-corrected chi connectivity index (χ3v) is 3.91. The minimum Gasteiger partial charge on any atom is -0.389 e. The summed E-state index contributed by atoms with van der Waals surface area (Å²) in [4.78, 5) is 22.8. The van der Waals surface area contributed by atoms with Gasteiger partial charge in [-0.25, -0.2) is 9.97 Å². The average Bonchev–Trinajstić information content (AvgIpc) is 2.94. The Hall–Kier alpha value is -2.70. The highest BCUT2D eigenvalue weighted by Gasteiger charge is 2.11. The van der Waals surface area contributed by atoms with Crippen molar-refractivity contribution in [1.82, 2.24) is 15.0 Å². The zero-order chi connectivity index (χ0) is 17.3. The highest BCUT2D eigenvalue weighted by Crippen LogP contribution is 2.29. The quantitative estimate of drug-likeness (QED) is 0.634. The number of nitrogens with two attached hydrogens (primary N) is 1. The number of primary amides is 1. The topological polar surface area (TPSA) is 105 Å². The van der Waals surface area contributed by atoms with Crippen LogP contribution in [-0.4, -0.2) is 26.0 Å². The number of H-pyrrole nitrogens is 1. The van der Waals surface area contributed by atoms with E-state index in [-0.39, 0.29) is 0 Å². The zero-order valence-corrected chi connectivity index (χ0v) is 13.6. The summed E-state index contributed by atoms with van der Waals surface area (Å²) in [5, 5.41) is 10.1. The Morgan fingerprint density at radius 1 is 1.46 bits per heavy atom.